The van der Waals surface area contributed by atoms with E-state index in [-0.39, 0.29) is 18.2 Å². The minimum Gasteiger partial charge on any atom is -0.458 e. The lowest BCUT2D eigenvalue weighted by Gasteiger charge is -2.23. The molecule has 4 rings (SSSR count). The normalized spacial score (nSPS) is 19.6. The van der Waals surface area contributed by atoms with Gasteiger partial charge in [0.05, 0.1) is 30.2 Å². The van der Waals surface area contributed by atoms with Gasteiger partial charge in [0, 0.05) is 23.6 Å². The second-order valence-corrected chi connectivity index (χ2v) is 7.65. The molecule has 2 aromatic heterocycles. The highest BCUT2D eigenvalue weighted by molar-refractivity contribution is 5.76. The summed E-state index contributed by atoms with van der Waals surface area (Å²) < 4.78 is 26.2. The Morgan fingerprint density at radius 2 is 2.03 bits per heavy atom. The fraction of sp³-hybridized carbons (Fsp3) is 0.304. The molecule has 1 aliphatic heterocycles. The molecule has 7 heteroatoms. The Morgan fingerprint density at radius 3 is 2.67 bits per heavy atom. The molecule has 0 bridgehead atoms. The van der Waals surface area contributed by atoms with Crippen LogP contribution < -0.4 is 0 Å². The number of benzene rings is 1. The number of hydrogen-bond donors (Lipinski definition) is 1. The third kappa shape index (κ3) is 4.07. The van der Waals surface area contributed by atoms with E-state index in [9.17, 15) is 14.3 Å². The fourth-order valence-corrected chi connectivity index (χ4v) is 3.60. The van der Waals surface area contributed by atoms with Crippen molar-refractivity contribution in [1.82, 2.24) is 9.78 Å². The summed E-state index contributed by atoms with van der Waals surface area (Å²) in [5, 5.41) is 14.6. The van der Waals surface area contributed by atoms with E-state index in [1.54, 1.807) is 41.3 Å². The summed E-state index contributed by atoms with van der Waals surface area (Å²) in [7, 11) is 0. The summed E-state index contributed by atoms with van der Waals surface area (Å²) in [6.07, 6.45) is 4.32. The Hall–Kier alpha value is -3.19. The predicted molar refractivity (Wildman–Crippen MR) is 109 cm³/mol. The molecule has 2 atom stereocenters. The van der Waals surface area contributed by atoms with E-state index >= 15 is 0 Å². The molecule has 6 nitrogen and oxygen atoms in total. The van der Waals surface area contributed by atoms with E-state index in [1.807, 2.05) is 19.9 Å². The Morgan fingerprint density at radius 1 is 1.27 bits per heavy atom. The molecule has 1 aliphatic rings. The summed E-state index contributed by atoms with van der Waals surface area (Å²) in [6.45, 7) is 4.07. The number of nitrogens with zero attached hydrogens (tertiary/aromatic N) is 2. The number of rotatable bonds is 5. The first-order chi connectivity index (χ1) is 14.4. The zero-order valence-electron chi connectivity index (χ0n) is 16.8. The number of furan rings is 1. The van der Waals surface area contributed by atoms with Crippen molar-refractivity contribution in [2.24, 2.45) is 0 Å². The molecule has 1 N–H and O–H groups in total. The number of carbonyl (C=O) groups excluding carboxylic acids is 1. The summed E-state index contributed by atoms with van der Waals surface area (Å²) in [5.74, 6) is -0.112. The number of carbonyl (C=O) groups is 1. The van der Waals surface area contributed by atoms with Gasteiger partial charge in [-0.2, -0.15) is 9.78 Å². The minimum absolute atomic E-state index is 0.0127. The van der Waals surface area contributed by atoms with Gasteiger partial charge in [0.2, 0.25) is 5.88 Å². The van der Waals surface area contributed by atoms with Crippen LogP contribution in [0.25, 0.3) is 23.2 Å². The fourth-order valence-electron chi connectivity index (χ4n) is 3.60. The van der Waals surface area contributed by atoms with Gasteiger partial charge in [0.15, 0.2) is 0 Å². The molecule has 30 heavy (non-hydrogen) atoms. The first-order valence-electron chi connectivity index (χ1n) is 9.91. The van der Waals surface area contributed by atoms with Gasteiger partial charge in [-0.1, -0.05) is 19.9 Å². The number of aliphatic hydroxyl groups is 1. The molecule has 3 aromatic rings. The number of ether oxygens (including phenoxy) is 1. The standard InChI is InChI=1S/C23H23FN2O4/c1-14(2)22-19(10-9-18-12-17(27)13-21(28)30-18)23(15-5-7-16(24)8-6-15)26(25-22)20-4-3-11-29-20/h3-11,14,17-18,27H,12-13H2,1-2H3/t17-,18-/m1/s1. The lowest BCUT2D eigenvalue weighted by molar-refractivity contribution is -0.156. The van der Waals surface area contributed by atoms with Crippen molar-refractivity contribution in [2.75, 3.05) is 0 Å². The van der Waals surface area contributed by atoms with Gasteiger partial charge in [-0.3, -0.25) is 4.79 Å². The zero-order valence-corrected chi connectivity index (χ0v) is 16.8. The average Bonchev–Trinajstić information content (AvgIpc) is 3.34. The van der Waals surface area contributed by atoms with Crippen LogP contribution in [0.15, 0.2) is 53.2 Å². The Bertz CT molecular complexity index is 1050. The van der Waals surface area contributed by atoms with Crippen LogP contribution in [-0.2, 0) is 9.53 Å². The largest absolute Gasteiger partial charge is 0.458 e. The quantitative estimate of drug-likeness (QED) is 0.628. The average molecular weight is 410 g/mol. The first kappa shape index (κ1) is 20.1. The van der Waals surface area contributed by atoms with Gasteiger partial charge in [-0.05, 0) is 42.3 Å². The lowest BCUT2D eigenvalue weighted by Crippen LogP contribution is -2.31. The summed E-state index contributed by atoms with van der Waals surface area (Å²) >= 11 is 0. The summed E-state index contributed by atoms with van der Waals surface area (Å²) in [6, 6.07) is 9.76. The molecular formula is C23H23FN2O4. The van der Waals surface area contributed by atoms with Crippen LogP contribution in [0.2, 0.25) is 0 Å². The van der Waals surface area contributed by atoms with E-state index in [0.717, 1.165) is 22.5 Å². The van der Waals surface area contributed by atoms with E-state index in [2.05, 4.69) is 0 Å². The molecular weight excluding hydrogens is 387 g/mol. The second-order valence-electron chi connectivity index (χ2n) is 7.65. The van der Waals surface area contributed by atoms with Gasteiger partial charge < -0.3 is 14.3 Å². The molecule has 0 radical (unpaired) electrons. The maximum atomic E-state index is 13.5. The number of aromatic nitrogens is 2. The van der Waals surface area contributed by atoms with Gasteiger partial charge in [0.25, 0.3) is 0 Å². The number of aliphatic hydroxyl groups excluding tert-OH is 1. The monoisotopic (exact) mass is 410 g/mol. The van der Waals surface area contributed by atoms with Crippen molar-refractivity contribution in [3.63, 3.8) is 0 Å². The highest BCUT2D eigenvalue weighted by atomic mass is 19.1. The maximum absolute atomic E-state index is 13.5. The van der Waals surface area contributed by atoms with Crippen molar-refractivity contribution in [1.29, 1.82) is 0 Å². The molecule has 1 saturated heterocycles. The lowest BCUT2D eigenvalue weighted by atomic mass is 9.98. The van der Waals surface area contributed by atoms with E-state index in [1.165, 1.54) is 12.1 Å². The maximum Gasteiger partial charge on any atom is 0.309 e. The van der Waals surface area contributed by atoms with Gasteiger partial charge in [0.1, 0.15) is 11.9 Å². The highest BCUT2D eigenvalue weighted by Crippen LogP contribution is 2.34. The molecule has 1 aromatic carbocycles. The van der Waals surface area contributed by atoms with Crippen molar-refractivity contribution in [2.45, 2.75) is 44.8 Å². The van der Waals surface area contributed by atoms with Gasteiger partial charge >= 0.3 is 5.97 Å². The Labute approximate surface area is 173 Å². The molecule has 156 valence electrons. The van der Waals surface area contributed by atoms with Crippen molar-refractivity contribution < 1.29 is 23.4 Å². The van der Waals surface area contributed by atoms with Crippen LogP contribution in [0.5, 0.6) is 0 Å². The molecule has 3 heterocycles. The molecule has 0 aliphatic carbocycles. The Kier molecular flexibility index (Phi) is 5.55. The summed E-state index contributed by atoms with van der Waals surface area (Å²) in [4.78, 5) is 11.7. The zero-order chi connectivity index (χ0) is 21.3. The minimum atomic E-state index is -0.715. The number of esters is 1. The van der Waals surface area contributed by atoms with Crippen molar-refractivity contribution in [3.8, 4) is 17.1 Å². The molecule has 0 saturated carbocycles. The van der Waals surface area contributed by atoms with Crippen LogP contribution in [0.4, 0.5) is 4.39 Å². The van der Waals surface area contributed by atoms with Crippen LogP contribution in [0.1, 0.15) is 43.9 Å². The van der Waals surface area contributed by atoms with E-state index in [0.29, 0.717) is 12.3 Å². The van der Waals surface area contributed by atoms with E-state index < -0.39 is 18.2 Å². The SMILES string of the molecule is CC(C)c1nn(-c2ccco2)c(-c2ccc(F)cc2)c1C=C[C@@H]1C[C@@H](O)CC(=O)O1. The van der Waals surface area contributed by atoms with Crippen LogP contribution >= 0.6 is 0 Å². The smallest absolute Gasteiger partial charge is 0.309 e. The summed E-state index contributed by atoms with van der Waals surface area (Å²) in [5.41, 5.74) is 3.16. The van der Waals surface area contributed by atoms with Gasteiger partial charge in [-0.15, -0.1) is 0 Å². The van der Waals surface area contributed by atoms with Crippen LogP contribution in [0.3, 0.4) is 0 Å². The van der Waals surface area contributed by atoms with Crippen LogP contribution in [-0.4, -0.2) is 33.1 Å². The predicted octanol–water partition coefficient (Wildman–Crippen LogP) is 4.47. The van der Waals surface area contributed by atoms with Crippen molar-refractivity contribution >= 4 is 12.0 Å². The number of hydrogen-bond acceptors (Lipinski definition) is 5. The van der Waals surface area contributed by atoms with Crippen LogP contribution in [0, 0.1) is 5.82 Å². The topological polar surface area (TPSA) is 77.5 Å². The van der Waals surface area contributed by atoms with E-state index in [4.69, 9.17) is 14.3 Å². The third-order valence-corrected chi connectivity index (χ3v) is 5.00. The first-order valence-corrected chi connectivity index (χ1v) is 9.91. The van der Waals surface area contributed by atoms with Crippen molar-refractivity contribution in [3.05, 3.63) is 65.8 Å². The molecule has 1 fully saturated rings. The number of cyclic esters (lactones) is 1. The Balaban J connectivity index is 1.84. The molecule has 0 amide bonds. The molecule has 0 unspecified atom stereocenters. The molecule has 0 spiro atoms. The second kappa shape index (κ2) is 8.28. The highest BCUT2D eigenvalue weighted by Gasteiger charge is 2.26. The third-order valence-electron chi connectivity index (χ3n) is 5.00. The van der Waals surface area contributed by atoms with Gasteiger partial charge in [-0.25, -0.2) is 4.39 Å². The number of halogens is 1.